The average molecular weight is 348 g/mol. The van der Waals surface area contributed by atoms with Crippen LogP contribution in [0, 0.1) is 0 Å². The van der Waals surface area contributed by atoms with E-state index >= 15 is 0 Å². The van der Waals surface area contributed by atoms with Gasteiger partial charge in [0.2, 0.25) is 0 Å². The first-order chi connectivity index (χ1) is 12.2. The molecular formula is C19H32N4O2. The number of nitrogens with one attached hydrogen (secondary N) is 2. The molecular weight excluding hydrogens is 316 g/mol. The standard InChI is InChI=1S/C19H32N4O2/c1-5-20-19(22-14-16-8-7-11-23(16)6-2)21-13-15-9-10-17(24-3)12-18(15)25-4/h9-10,12,16H,5-8,11,13-14H2,1-4H3,(H2,20,21,22). The van der Waals surface area contributed by atoms with E-state index in [2.05, 4.69) is 29.4 Å². The summed E-state index contributed by atoms with van der Waals surface area (Å²) >= 11 is 0. The van der Waals surface area contributed by atoms with Gasteiger partial charge in [-0.2, -0.15) is 0 Å². The lowest BCUT2D eigenvalue weighted by atomic mass is 10.2. The maximum absolute atomic E-state index is 5.45. The van der Waals surface area contributed by atoms with Crippen LogP contribution >= 0.6 is 0 Å². The quantitative estimate of drug-likeness (QED) is 0.557. The van der Waals surface area contributed by atoms with Crippen molar-refractivity contribution in [3.63, 3.8) is 0 Å². The van der Waals surface area contributed by atoms with Gasteiger partial charge in [-0.3, -0.25) is 4.90 Å². The van der Waals surface area contributed by atoms with E-state index in [0.29, 0.717) is 12.6 Å². The van der Waals surface area contributed by atoms with Gasteiger partial charge in [-0.25, -0.2) is 4.99 Å². The smallest absolute Gasteiger partial charge is 0.191 e. The van der Waals surface area contributed by atoms with Crippen molar-refractivity contribution in [2.24, 2.45) is 4.99 Å². The number of methoxy groups -OCH3 is 2. The van der Waals surface area contributed by atoms with Gasteiger partial charge in [0.05, 0.1) is 20.8 Å². The molecule has 0 aliphatic carbocycles. The maximum atomic E-state index is 5.45. The summed E-state index contributed by atoms with van der Waals surface area (Å²) in [4.78, 5) is 7.25. The van der Waals surface area contributed by atoms with Crippen LogP contribution in [0.25, 0.3) is 0 Å². The molecule has 0 radical (unpaired) electrons. The van der Waals surface area contributed by atoms with Gasteiger partial charge in [0, 0.05) is 30.8 Å². The highest BCUT2D eigenvalue weighted by molar-refractivity contribution is 5.79. The topological polar surface area (TPSA) is 58.1 Å². The van der Waals surface area contributed by atoms with Crippen molar-refractivity contribution in [3.8, 4) is 11.5 Å². The zero-order valence-corrected chi connectivity index (χ0v) is 16.0. The Morgan fingerprint density at radius 1 is 1.24 bits per heavy atom. The van der Waals surface area contributed by atoms with Crippen molar-refractivity contribution in [2.45, 2.75) is 39.3 Å². The van der Waals surface area contributed by atoms with E-state index in [9.17, 15) is 0 Å². The normalized spacial score (nSPS) is 18.2. The molecule has 1 atom stereocenters. The molecule has 25 heavy (non-hydrogen) atoms. The van der Waals surface area contributed by atoms with Crippen LogP contribution in [-0.2, 0) is 6.54 Å². The summed E-state index contributed by atoms with van der Waals surface area (Å²) in [7, 11) is 3.33. The summed E-state index contributed by atoms with van der Waals surface area (Å²) in [5, 5.41) is 6.81. The number of benzene rings is 1. The predicted molar refractivity (Wildman–Crippen MR) is 103 cm³/mol. The Morgan fingerprint density at radius 3 is 2.76 bits per heavy atom. The molecule has 0 amide bonds. The molecule has 1 fully saturated rings. The van der Waals surface area contributed by atoms with Gasteiger partial charge in [-0.1, -0.05) is 6.92 Å². The molecule has 1 aromatic carbocycles. The van der Waals surface area contributed by atoms with Gasteiger partial charge in [-0.05, 0) is 45.0 Å². The molecule has 0 saturated carbocycles. The third-order valence-electron chi connectivity index (χ3n) is 4.66. The average Bonchev–Trinajstić information content (AvgIpc) is 3.11. The zero-order chi connectivity index (χ0) is 18.1. The molecule has 1 unspecified atom stereocenters. The van der Waals surface area contributed by atoms with Crippen molar-refractivity contribution in [1.82, 2.24) is 15.5 Å². The Kier molecular flexibility index (Phi) is 7.85. The maximum Gasteiger partial charge on any atom is 0.191 e. The van der Waals surface area contributed by atoms with E-state index in [1.165, 1.54) is 19.4 Å². The number of ether oxygens (including phenoxy) is 2. The molecule has 0 spiro atoms. The molecule has 1 saturated heterocycles. The molecule has 6 nitrogen and oxygen atoms in total. The van der Waals surface area contributed by atoms with Gasteiger partial charge >= 0.3 is 0 Å². The minimum atomic E-state index is 0.560. The molecule has 1 aliphatic rings. The molecule has 140 valence electrons. The Labute approximate surface area is 151 Å². The Morgan fingerprint density at radius 2 is 2.08 bits per heavy atom. The summed E-state index contributed by atoms with van der Waals surface area (Å²) in [5.74, 6) is 2.44. The number of hydrogen-bond acceptors (Lipinski definition) is 4. The molecule has 2 N–H and O–H groups in total. The molecule has 1 aromatic rings. The number of guanidine groups is 1. The third-order valence-corrected chi connectivity index (χ3v) is 4.66. The molecule has 1 aliphatic heterocycles. The number of likely N-dealkylation sites (N-methyl/N-ethyl adjacent to an activating group) is 1. The van der Waals surface area contributed by atoms with Crippen LogP contribution in [0.3, 0.4) is 0 Å². The van der Waals surface area contributed by atoms with Gasteiger partial charge < -0.3 is 20.1 Å². The Bertz CT molecular complexity index is 562. The Hall–Kier alpha value is -1.95. The minimum Gasteiger partial charge on any atom is -0.497 e. The summed E-state index contributed by atoms with van der Waals surface area (Å²) in [5.41, 5.74) is 1.04. The number of aliphatic imine (C=N–C) groups is 1. The van der Waals surface area contributed by atoms with Gasteiger partial charge in [0.1, 0.15) is 11.5 Å². The van der Waals surface area contributed by atoms with Gasteiger partial charge in [-0.15, -0.1) is 0 Å². The van der Waals surface area contributed by atoms with Crippen LogP contribution in [-0.4, -0.2) is 57.3 Å². The number of rotatable bonds is 8. The highest BCUT2D eigenvalue weighted by atomic mass is 16.5. The monoisotopic (exact) mass is 348 g/mol. The summed E-state index contributed by atoms with van der Waals surface area (Å²) in [6, 6.07) is 6.43. The van der Waals surface area contributed by atoms with Gasteiger partial charge in [0.15, 0.2) is 5.96 Å². The van der Waals surface area contributed by atoms with Crippen molar-refractivity contribution in [3.05, 3.63) is 23.8 Å². The highest BCUT2D eigenvalue weighted by Crippen LogP contribution is 2.25. The summed E-state index contributed by atoms with van der Waals surface area (Å²) in [6.45, 7) is 8.97. The van der Waals surface area contributed by atoms with Crippen molar-refractivity contribution < 1.29 is 9.47 Å². The fourth-order valence-corrected chi connectivity index (χ4v) is 3.25. The molecule has 1 heterocycles. The van der Waals surface area contributed by atoms with Crippen molar-refractivity contribution in [1.29, 1.82) is 0 Å². The second-order valence-corrected chi connectivity index (χ2v) is 6.18. The molecule has 6 heteroatoms. The van der Waals surface area contributed by atoms with Crippen LogP contribution < -0.4 is 20.1 Å². The lowest BCUT2D eigenvalue weighted by Crippen LogP contribution is -2.44. The number of nitrogens with zero attached hydrogens (tertiary/aromatic N) is 2. The molecule has 2 rings (SSSR count). The largest absolute Gasteiger partial charge is 0.497 e. The molecule has 0 aromatic heterocycles. The SMILES string of the molecule is CCNC(=NCc1ccc(OC)cc1OC)NCC1CCCN1CC. The van der Waals surface area contributed by atoms with Gasteiger partial charge in [0.25, 0.3) is 0 Å². The number of likely N-dealkylation sites (tertiary alicyclic amines) is 1. The third kappa shape index (κ3) is 5.53. The van der Waals surface area contributed by atoms with Crippen LogP contribution in [0.4, 0.5) is 0 Å². The lowest BCUT2D eigenvalue weighted by molar-refractivity contribution is 0.267. The summed E-state index contributed by atoms with van der Waals surface area (Å²) in [6.07, 6.45) is 2.55. The van der Waals surface area contributed by atoms with E-state index in [1.807, 2.05) is 18.2 Å². The summed E-state index contributed by atoms with van der Waals surface area (Å²) < 4.78 is 10.7. The van der Waals surface area contributed by atoms with Crippen LogP contribution in [0.2, 0.25) is 0 Å². The van der Waals surface area contributed by atoms with Crippen molar-refractivity contribution >= 4 is 5.96 Å². The first-order valence-corrected chi connectivity index (χ1v) is 9.18. The van der Waals surface area contributed by atoms with E-state index in [-0.39, 0.29) is 0 Å². The Balaban J connectivity index is 1.99. The predicted octanol–water partition coefficient (Wildman–Crippen LogP) is 2.24. The van der Waals surface area contributed by atoms with E-state index in [0.717, 1.165) is 42.7 Å². The lowest BCUT2D eigenvalue weighted by Gasteiger charge is -2.24. The second kappa shape index (κ2) is 10.1. The fourth-order valence-electron chi connectivity index (χ4n) is 3.25. The molecule has 0 bridgehead atoms. The first-order valence-electron chi connectivity index (χ1n) is 9.18. The zero-order valence-electron chi connectivity index (χ0n) is 16.0. The van der Waals surface area contributed by atoms with E-state index in [1.54, 1.807) is 14.2 Å². The van der Waals surface area contributed by atoms with E-state index < -0.39 is 0 Å². The van der Waals surface area contributed by atoms with Crippen LogP contribution in [0.1, 0.15) is 32.3 Å². The highest BCUT2D eigenvalue weighted by Gasteiger charge is 2.22. The van der Waals surface area contributed by atoms with Crippen molar-refractivity contribution in [2.75, 3.05) is 40.4 Å². The van der Waals surface area contributed by atoms with Crippen LogP contribution in [0.5, 0.6) is 11.5 Å². The van der Waals surface area contributed by atoms with Crippen LogP contribution in [0.15, 0.2) is 23.2 Å². The fraction of sp³-hybridized carbons (Fsp3) is 0.632. The minimum absolute atomic E-state index is 0.560. The van der Waals surface area contributed by atoms with E-state index in [4.69, 9.17) is 14.5 Å². The first kappa shape index (κ1) is 19.4. The number of hydrogen-bond donors (Lipinski definition) is 2. The second-order valence-electron chi connectivity index (χ2n) is 6.18.